The number of likely N-dealkylation sites (N-methyl/N-ethyl adjacent to an activating group) is 1. The van der Waals surface area contributed by atoms with E-state index in [1.54, 1.807) is 31.0 Å². The van der Waals surface area contributed by atoms with Crippen LogP contribution in [0, 0.1) is 17.7 Å². The molecule has 2 aliphatic carbocycles. The second-order valence-corrected chi connectivity index (χ2v) is 14.6. The van der Waals surface area contributed by atoms with Crippen molar-refractivity contribution in [2.45, 2.75) is 95.5 Å². The Morgan fingerprint density at radius 2 is 1.87 bits per heavy atom. The van der Waals surface area contributed by atoms with E-state index in [-0.39, 0.29) is 54.5 Å². The van der Waals surface area contributed by atoms with Crippen LogP contribution in [0.2, 0.25) is 0 Å². The third-order valence-electron chi connectivity index (χ3n) is 8.87. The predicted octanol–water partition coefficient (Wildman–Crippen LogP) is 3.26. The van der Waals surface area contributed by atoms with Gasteiger partial charge < -0.3 is 21.1 Å². The summed E-state index contributed by atoms with van der Waals surface area (Å²) in [4.78, 5) is 47.8. The second kappa shape index (κ2) is 16.3. The first kappa shape index (κ1) is 36.9. The molecule has 4 aliphatic rings. The van der Waals surface area contributed by atoms with Crippen LogP contribution < -0.4 is 15.8 Å². The van der Waals surface area contributed by atoms with Gasteiger partial charge in [-0.25, -0.2) is 17.6 Å². The lowest BCUT2D eigenvalue weighted by atomic mass is 10.1. The highest BCUT2D eigenvalue weighted by Crippen LogP contribution is 2.44. The van der Waals surface area contributed by atoms with E-state index in [4.69, 9.17) is 10.8 Å². The monoisotopic (exact) mass is 665 g/mol. The number of nitrogens with zero attached hydrogens (tertiary/aromatic N) is 2. The van der Waals surface area contributed by atoms with Crippen LogP contribution in [0.4, 0.5) is 9.18 Å². The van der Waals surface area contributed by atoms with E-state index in [1.165, 1.54) is 30.2 Å². The second-order valence-electron chi connectivity index (χ2n) is 12.4. The van der Waals surface area contributed by atoms with Gasteiger partial charge in [0.15, 0.2) is 0 Å². The van der Waals surface area contributed by atoms with E-state index in [0.29, 0.717) is 31.5 Å². The predicted molar refractivity (Wildman–Crippen MR) is 171 cm³/mol. The first-order valence-corrected chi connectivity index (χ1v) is 17.4. The molecule has 0 bridgehead atoms. The van der Waals surface area contributed by atoms with E-state index in [9.17, 15) is 32.0 Å². The lowest BCUT2D eigenvalue weighted by Gasteiger charge is -2.22. The maximum atomic E-state index is 13.1. The molecule has 0 radical (unpaired) electrons. The van der Waals surface area contributed by atoms with Crippen LogP contribution >= 0.6 is 0 Å². The molecule has 2 heterocycles. The van der Waals surface area contributed by atoms with Gasteiger partial charge in [-0.3, -0.25) is 24.0 Å². The molecule has 1 aromatic rings. The van der Waals surface area contributed by atoms with Crippen molar-refractivity contribution in [2.75, 3.05) is 20.1 Å². The molecule has 3 fully saturated rings. The molecule has 0 aromatic heterocycles. The average Bonchev–Trinajstić information content (AvgIpc) is 3.85. The number of unbranched alkanes of at least 4 members (excludes halogenated alkanes) is 3. The molecule has 2 saturated carbocycles. The Kier molecular flexibility index (Phi) is 13.1. The molecule has 14 heteroatoms. The van der Waals surface area contributed by atoms with Gasteiger partial charge in [0, 0.05) is 31.6 Å². The minimum absolute atomic E-state index is 0.0203. The number of rotatable bonds is 10. The van der Waals surface area contributed by atoms with Crippen molar-refractivity contribution < 1.29 is 37.1 Å². The van der Waals surface area contributed by atoms with Gasteiger partial charge in [-0.1, -0.05) is 44.1 Å². The molecule has 1 saturated heterocycles. The number of likely N-dealkylation sites (tertiary alicyclic amines) is 1. The normalized spacial score (nSPS) is 22.2. The minimum atomic E-state index is -3.47. The lowest BCUT2D eigenvalue weighted by Crippen LogP contribution is -2.46. The third kappa shape index (κ3) is 9.74. The number of sulfonamides is 1. The van der Waals surface area contributed by atoms with Gasteiger partial charge >= 0.3 is 6.09 Å². The number of amides is 4. The molecule has 46 heavy (non-hydrogen) atoms. The number of hydrogen-bond donors (Lipinski definition) is 4. The minimum Gasteiger partial charge on any atom is -0.465 e. The summed E-state index contributed by atoms with van der Waals surface area (Å²) in [5.41, 5.74) is 6.50. The fourth-order valence-corrected chi connectivity index (χ4v) is 6.73. The number of carboxylic acid groups (broad SMARTS) is 1. The highest BCUT2D eigenvalue weighted by molar-refractivity contribution is 7.91. The van der Waals surface area contributed by atoms with Crippen LogP contribution in [0.25, 0.3) is 0 Å². The Morgan fingerprint density at radius 1 is 1.15 bits per heavy atom. The summed E-state index contributed by atoms with van der Waals surface area (Å²) in [6.45, 7) is 4.95. The zero-order valence-electron chi connectivity index (χ0n) is 27.0. The van der Waals surface area contributed by atoms with E-state index in [0.717, 1.165) is 31.2 Å². The smallest absolute Gasteiger partial charge is 0.407 e. The van der Waals surface area contributed by atoms with Crippen molar-refractivity contribution in [3.8, 4) is 0 Å². The van der Waals surface area contributed by atoms with Crippen LogP contribution in [-0.2, 0) is 37.5 Å². The zero-order valence-corrected chi connectivity index (χ0v) is 27.8. The van der Waals surface area contributed by atoms with Crippen molar-refractivity contribution in [3.63, 3.8) is 0 Å². The maximum absolute atomic E-state index is 13.1. The van der Waals surface area contributed by atoms with Crippen LogP contribution in [0.5, 0.6) is 0 Å². The lowest BCUT2D eigenvalue weighted by molar-refractivity contribution is -0.137. The maximum Gasteiger partial charge on any atom is 0.407 e. The first-order valence-electron chi connectivity index (χ1n) is 16.0. The number of halogens is 1. The molecule has 5 rings (SSSR count). The molecule has 256 valence electrons. The number of fused-ring (bicyclic) bond motifs is 1. The Bertz CT molecular complexity index is 1380. The number of nitrogens with two attached hydrogens (primary N) is 1. The SMILES string of the molecule is CCCCC/C=C\C1C[C@@H]1C(=O)NS(=O)(=O)C1(C)CC1.CNC(=O)[C@@H]1CCCN1C(=O)CN.O=C(O)N1Cc2cccc(F)c2C1. The van der Waals surface area contributed by atoms with Gasteiger partial charge in [0.25, 0.3) is 0 Å². The third-order valence-corrected chi connectivity index (χ3v) is 11.0. The summed E-state index contributed by atoms with van der Waals surface area (Å²) in [5, 5.41) is 11.2. The van der Waals surface area contributed by atoms with Crippen molar-refractivity contribution in [2.24, 2.45) is 17.6 Å². The zero-order chi connectivity index (χ0) is 34.1. The van der Waals surface area contributed by atoms with Crippen molar-refractivity contribution in [1.82, 2.24) is 19.8 Å². The highest BCUT2D eigenvalue weighted by atomic mass is 32.2. The summed E-state index contributed by atoms with van der Waals surface area (Å²) in [6.07, 6.45) is 11.6. The number of hydrogen-bond acceptors (Lipinski definition) is 7. The van der Waals surface area contributed by atoms with Gasteiger partial charge in [-0.05, 0) is 69.4 Å². The summed E-state index contributed by atoms with van der Waals surface area (Å²) in [7, 11) is -1.90. The van der Waals surface area contributed by atoms with Gasteiger partial charge in [-0.15, -0.1) is 0 Å². The number of benzene rings is 1. The summed E-state index contributed by atoms with van der Waals surface area (Å²) >= 11 is 0. The number of nitrogens with one attached hydrogen (secondary N) is 2. The topological polar surface area (TPSA) is 179 Å². The van der Waals surface area contributed by atoms with Crippen LogP contribution in [0.15, 0.2) is 30.4 Å². The Labute approximate surface area is 271 Å². The molecule has 2 aliphatic heterocycles. The van der Waals surface area contributed by atoms with Crippen molar-refractivity contribution >= 4 is 33.8 Å². The molecule has 1 unspecified atom stereocenters. The highest BCUT2D eigenvalue weighted by Gasteiger charge is 2.52. The van der Waals surface area contributed by atoms with Crippen molar-refractivity contribution in [3.05, 3.63) is 47.3 Å². The molecular weight excluding hydrogens is 617 g/mol. The van der Waals surface area contributed by atoms with E-state index in [1.807, 2.05) is 0 Å². The Balaban J connectivity index is 0.000000195. The summed E-state index contributed by atoms with van der Waals surface area (Å²) in [6, 6.07) is 4.39. The summed E-state index contributed by atoms with van der Waals surface area (Å²) in [5.74, 6) is -0.790. The van der Waals surface area contributed by atoms with Crippen LogP contribution in [0.3, 0.4) is 0 Å². The largest absolute Gasteiger partial charge is 0.465 e. The van der Waals surface area contributed by atoms with E-state index in [2.05, 4.69) is 29.1 Å². The van der Waals surface area contributed by atoms with E-state index < -0.39 is 20.9 Å². The first-order chi connectivity index (χ1) is 21.8. The number of carbonyl (C=O) groups excluding carboxylic acids is 3. The Morgan fingerprint density at radius 3 is 2.46 bits per heavy atom. The molecule has 3 atom stereocenters. The number of allylic oxidation sites excluding steroid dienone is 2. The number of carbonyl (C=O) groups is 4. The summed E-state index contributed by atoms with van der Waals surface area (Å²) < 4.78 is 38.6. The van der Waals surface area contributed by atoms with E-state index >= 15 is 0 Å². The fourth-order valence-electron chi connectivity index (χ4n) is 5.43. The Hall–Kier alpha value is -3.52. The average molecular weight is 666 g/mol. The quantitative estimate of drug-likeness (QED) is 0.217. The molecule has 0 spiro atoms. The molecular formula is C32H48FN5O7S. The van der Waals surface area contributed by atoms with Gasteiger partial charge in [0.1, 0.15) is 11.9 Å². The van der Waals surface area contributed by atoms with Gasteiger partial charge in [-0.2, -0.15) is 0 Å². The van der Waals surface area contributed by atoms with Gasteiger partial charge in [0.2, 0.25) is 27.7 Å². The van der Waals surface area contributed by atoms with Crippen LogP contribution in [-0.4, -0.2) is 78.1 Å². The van der Waals surface area contributed by atoms with Crippen LogP contribution in [0.1, 0.15) is 82.8 Å². The molecule has 4 amide bonds. The molecule has 12 nitrogen and oxygen atoms in total. The molecule has 1 aromatic carbocycles. The molecule has 5 N–H and O–H groups in total. The van der Waals surface area contributed by atoms with Crippen molar-refractivity contribution in [1.29, 1.82) is 0 Å². The fraction of sp³-hybridized carbons (Fsp3) is 0.625. The van der Waals surface area contributed by atoms with Gasteiger partial charge in [0.05, 0.1) is 17.8 Å². The standard InChI is InChI=1S/C15H25NO3S.C9H8FNO2.C8H15N3O2/c1-3-4-5-6-7-8-12-11-13(12)14(17)16-20(18,19)15(2)9-10-15;10-8-3-1-2-6-4-11(9(12)13)5-7(6)8;1-10-8(13)6-3-2-4-11(6)7(12)5-9/h7-8,12-13H,3-6,9-11H2,1-2H3,(H,16,17);1-3H,4-5H2,(H,12,13);6H,2-5,9H2,1H3,(H,10,13)/b8-7-;;/t12?,13-;;6-/m0.0/s1.